The molecule has 0 radical (unpaired) electrons. The van der Waals surface area contributed by atoms with Gasteiger partial charge in [0.2, 0.25) is 5.56 Å². The first-order valence-corrected chi connectivity index (χ1v) is 8.68. The Balaban J connectivity index is 1.62. The molecular weight excluding hydrogens is 336 g/mol. The smallest absolute Gasteiger partial charge is 0.250 e. The third-order valence-corrected chi connectivity index (χ3v) is 4.89. The molecule has 0 bridgehead atoms. The topological polar surface area (TPSA) is 52.2 Å². The van der Waals surface area contributed by atoms with E-state index in [-0.39, 0.29) is 5.56 Å². The lowest BCUT2D eigenvalue weighted by Gasteiger charge is -2.06. The molecule has 0 spiro atoms. The number of rotatable bonds is 2. The molecule has 0 unspecified atom stereocenters. The van der Waals surface area contributed by atoms with Gasteiger partial charge in [-0.2, -0.15) is 5.10 Å². The van der Waals surface area contributed by atoms with Crippen molar-refractivity contribution in [2.24, 2.45) is 7.05 Å². The number of pyridine rings is 3. The van der Waals surface area contributed by atoms with Crippen molar-refractivity contribution in [2.45, 2.75) is 0 Å². The highest BCUT2D eigenvalue weighted by atomic mass is 16.1. The molecule has 0 atom stereocenters. The zero-order valence-corrected chi connectivity index (χ0v) is 14.7. The molecule has 5 heteroatoms. The number of fused-ring (bicyclic) bond motifs is 2. The van der Waals surface area contributed by atoms with Gasteiger partial charge in [-0.25, -0.2) is 4.52 Å². The first kappa shape index (κ1) is 15.5. The molecule has 0 N–H and O–H groups in total. The number of benzene rings is 1. The molecule has 0 aliphatic carbocycles. The van der Waals surface area contributed by atoms with Crippen molar-refractivity contribution >= 4 is 16.3 Å². The van der Waals surface area contributed by atoms with Gasteiger partial charge in [-0.3, -0.25) is 9.78 Å². The van der Waals surface area contributed by atoms with Crippen molar-refractivity contribution in [3.05, 3.63) is 89.9 Å². The van der Waals surface area contributed by atoms with Gasteiger partial charge in [0.25, 0.3) is 0 Å². The predicted molar refractivity (Wildman–Crippen MR) is 107 cm³/mol. The van der Waals surface area contributed by atoms with Crippen LogP contribution in [-0.4, -0.2) is 19.2 Å². The third kappa shape index (κ3) is 2.60. The predicted octanol–water partition coefficient (Wildman–Crippen LogP) is 3.92. The van der Waals surface area contributed by atoms with Gasteiger partial charge in [0.15, 0.2) is 0 Å². The number of nitrogens with zero attached hydrogens (tertiary/aromatic N) is 4. The minimum absolute atomic E-state index is 0.0206. The highest BCUT2D eigenvalue weighted by Crippen LogP contribution is 2.29. The molecule has 5 aromatic rings. The van der Waals surface area contributed by atoms with Crippen LogP contribution in [0.4, 0.5) is 0 Å². The molecule has 1 aromatic carbocycles. The summed E-state index contributed by atoms with van der Waals surface area (Å²) in [5.74, 6) is 0. The van der Waals surface area contributed by atoms with Crippen LogP contribution in [-0.2, 0) is 7.05 Å². The van der Waals surface area contributed by atoms with Crippen molar-refractivity contribution in [3.8, 4) is 22.3 Å². The number of aromatic nitrogens is 4. The molecule has 5 rings (SSSR count). The molecule has 27 heavy (non-hydrogen) atoms. The zero-order chi connectivity index (χ0) is 18.4. The molecule has 0 fully saturated rings. The Hall–Kier alpha value is -3.73. The summed E-state index contributed by atoms with van der Waals surface area (Å²) < 4.78 is 3.46. The van der Waals surface area contributed by atoms with Crippen molar-refractivity contribution < 1.29 is 0 Å². The first-order valence-electron chi connectivity index (χ1n) is 8.68. The van der Waals surface area contributed by atoms with Gasteiger partial charge >= 0.3 is 0 Å². The number of hydrogen-bond donors (Lipinski definition) is 0. The summed E-state index contributed by atoms with van der Waals surface area (Å²) in [6.07, 6.45) is 9.40. The average molecular weight is 352 g/mol. The van der Waals surface area contributed by atoms with E-state index in [2.05, 4.69) is 40.4 Å². The molecule has 0 aliphatic heterocycles. The van der Waals surface area contributed by atoms with Gasteiger partial charge < -0.3 is 4.57 Å². The molecule has 4 aromatic heterocycles. The van der Waals surface area contributed by atoms with Gasteiger partial charge in [0.1, 0.15) is 0 Å². The highest BCUT2D eigenvalue weighted by molar-refractivity contribution is 5.90. The Labute approximate surface area is 155 Å². The standard InChI is InChI=1S/C22H16N4O/c1-25-13-18(5-7-22(25)27)19-4-6-21-20(12-24-26(21)14-19)16-2-3-17-11-23-9-8-15(17)10-16/h2-14H,1H3. The summed E-state index contributed by atoms with van der Waals surface area (Å²) in [7, 11) is 1.76. The molecule has 0 amide bonds. The van der Waals surface area contributed by atoms with Gasteiger partial charge in [0, 0.05) is 54.4 Å². The highest BCUT2D eigenvalue weighted by Gasteiger charge is 2.09. The summed E-state index contributed by atoms with van der Waals surface area (Å²) in [6, 6.07) is 15.9. The molecule has 0 saturated carbocycles. The van der Waals surface area contributed by atoms with Crippen LogP contribution in [0, 0.1) is 0 Å². The van der Waals surface area contributed by atoms with Crippen LogP contribution in [0.25, 0.3) is 38.5 Å². The van der Waals surface area contributed by atoms with Crippen LogP contribution in [0.2, 0.25) is 0 Å². The van der Waals surface area contributed by atoms with E-state index in [0.717, 1.165) is 38.5 Å². The summed E-state index contributed by atoms with van der Waals surface area (Å²) in [5, 5.41) is 6.81. The van der Waals surface area contributed by atoms with Crippen molar-refractivity contribution in [1.29, 1.82) is 0 Å². The normalized spacial score (nSPS) is 11.3. The second kappa shape index (κ2) is 5.92. The van der Waals surface area contributed by atoms with E-state index in [0.29, 0.717) is 0 Å². The second-order valence-corrected chi connectivity index (χ2v) is 6.61. The summed E-state index contributed by atoms with van der Waals surface area (Å²) in [5.41, 5.74) is 5.22. The molecule has 130 valence electrons. The van der Waals surface area contributed by atoms with Gasteiger partial charge in [-0.05, 0) is 40.8 Å². The fraction of sp³-hybridized carbons (Fsp3) is 0.0455. The van der Waals surface area contributed by atoms with E-state index in [4.69, 9.17) is 0 Å². The second-order valence-electron chi connectivity index (χ2n) is 6.61. The number of hydrogen-bond acceptors (Lipinski definition) is 3. The molecule has 5 nitrogen and oxygen atoms in total. The lowest BCUT2D eigenvalue weighted by molar-refractivity contribution is 0.861. The third-order valence-electron chi connectivity index (χ3n) is 4.89. The molecule has 0 aliphatic rings. The Morgan fingerprint density at radius 1 is 0.815 bits per heavy atom. The van der Waals surface area contributed by atoms with Gasteiger partial charge in [0.05, 0.1) is 11.7 Å². The molecular formula is C22H16N4O. The Morgan fingerprint density at radius 2 is 1.63 bits per heavy atom. The largest absolute Gasteiger partial charge is 0.318 e. The van der Waals surface area contributed by atoms with Crippen LogP contribution >= 0.6 is 0 Å². The van der Waals surface area contributed by atoms with Crippen LogP contribution < -0.4 is 5.56 Å². The fourth-order valence-corrected chi connectivity index (χ4v) is 3.39. The van der Waals surface area contributed by atoms with E-state index < -0.39 is 0 Å². The molecule has 0 saturated heterocycles. The molecule has 4 heterocycles. The van der Waals surface area contributed by atoms with Crippen molar-refractivity contribution in [3.63, 3.8) is 0 Å². The van der Waals surface area contributed by atoms with E-state index in [1.54, 1.807) is 17.7 Å². The average Bonchev–Trinajstić information content (AvgIpc) is 3.13. The van der Waals surface area contributed by atoms with Gasteiger partial charge in [-0.1, -0.05) is 18.2 Å². The van der Waals surface area contributed by atoms with Gasteiger partial charge in [-0.15, -0.1) is 0 Å². The quantitative estimate of drug-likeness (QED) is 0.484. The maximum atomic E-state index is 11.6. The zero-order valence-electron chi connectivity index (χ0n) is 14.7. The SMILES string of the molecule is Cn1cc(-c2ccc3c(-c4ccc5cnccc5c4)cnn3c2)ccc1=O. The van der Waals surface area contributed by atoms with E-state index in [1.165, 1.54) is 0 Å². The lowest BCUT2D eigenvalue weighted by Crippen LogP contribution is -2.13. The minimum Gasteiger partial charge on any atom is -0.318 e. The Morgan fingerprint density at radius 3 is 2.52 bits per heavy atom. The maximum absolute atomic E-state index is 11.6. The Bertz CT molecular complexity index is 1360. The van der Waals surface area contributed by atoms with Crippen LogP contribution in [0.1, 0.15) is 0 Å². The summed E-state index contributed by atoms with van der Waals surface area (Å²) in [6.45, 7) is 0. The fourth-order valence-electron chi connectivity index (χ4n) is 3.39. The summed E-state index contributed by atoms with van der Waals surface area (Å²) in [4.78, 5) is 15.8. The first-order chi connectivity index (χ1) is 13.2. The van der Waals surface area contributed by atoms with E-state index in [1.807, 2.05) is 47.6 Å². The van der Waals surface area contributed by atoms with E-state index in [9.17, 15) is 4.79 Å². The van der Waals surface area contributed by atoms with Crippen LogP contribution in [0.3, 0.4) is 0 Å². The lowest BCUT2D eigenvalue weighted by atomic mass is 10.0. The summed E-state index contributed by atoms with van der Waals surface area (Å²) >= 11 is 0. The van der Waals surface area contributed by atoms with Crippen molar-refractivity contribution in [1.82, 2.24) is 19.2 Å². The Kier molecular flexibility index (Phi) is 3.40. The van der Waals surface area contributed by atoms with E-state index >= 15 is 0 Å². The number of aryl methyl sites for hydroxylation is 1. The monoisotopic (exact) mass is 352 g/mol. The van der Waals surface area contributed by atoms with Crippen LogP contribution in [0.15, 0.2) is 84.3 Å². The van der Waals surface area contributed by atoms with Crippen molar-refractivity contribution in [2.75, 3.05) is 0 Å². The maximum Gasteiger partial charge on any atom is 0.250 e. The minimum atomic E-state index is -0.0206. The van der Waals surface area contributed by atoms with Crippen LogP contribution in [0.5, 0.6) is 0 Å².